The summed E-state index contributed by atoms with van der Waals surface area (Å²) in [5, 5.41) is 10.5. The molecule has 0 N–H and O–H groups in total. The molecule has 1 atom stereocenters. The van der Waals surface area contributed by atoms with Gasteiger partial charge in [0, 0.05) is 24.7 Å². The molecule has 0 unspecified atom stereocenters. The Balaban J connectivity index is 2.21. The number of carboxylic acids is 1. The molecule has 7 heteroatoms. The number of hydrogen-bond acceptors (Lipinski definition) is 6. The molecule has 0 saturated carbocycles. The number of rotatable bonds is 4. The zero-order valence-electron chi connectivity index (χ0n) is 10.2. The predicted octanol–water partition coefficient (Wildman–Crippen LogP) is -0.315. The van der Waals surface area contributed by atoms with Gasteiger partial charge in [0.15, 0.2) is 0 Å². The molecular weight excluding hydrogens is 268 g/mol. The topological polar surface area (TPSA) is 90.4 Å². The largest absolute Gasteiger partial charge is 0.545 e. The van der Waals surface area contributed by atoms with Crippen LogP contribution in [-0.2, 0) is 9.59 Å². The Kier molecular flexibility index (Phi) is 3.84. The van der Waals surface area contributed by atoms with Crippen LogP contribution in [0, 0.1) is 0 Å². The Labute approximate surface area is 113 Å². The van der Waals surface area contributed by atoms with Crippen molar-refractivity contribution in [2.45, 2.75) is 23.6 Å². The number of thioether (sulfide) groups is 1. The van der Waals surface area contributed by atoms with Gasteiger partial charge in [0.05, 0.1) is 11.2 Å². The fraction of sp³-hybridized carbons (Fsp3) is 0.333. The molecular formula is C12H11N2O4S-. The van der Waals surface area contributed by atoms with Crippen molar-refractivity contribution in [1.29, 1.82) is 0 Å². The van der Waals surface area contributed by atoms with Crippen LogP contribution in [0.3, 0.4) is 0 Å². The summed E-state index contributed by atoms with van der Waals surface area (Å²) in [5.41, 5.74) is -0.0669. The predicted molar refractivity (Wildman–Crippen MR) is 65.2 cm³/mol. The van der Waals surface area contributed by atoms with Gasteiger partial charge >= 0.3 is 0 Å². The number of carbonyl (C=O) groups excluding carboxylic acids is 3. The van der Waals surface area contributed by atoms with Crippen molar-refractivity contribution in [1.82, 2.24) is 9.88 Å². The van der Waals surface area contributed by atoms with E-state index in [1.54, 1.807) is 6.92 Å². The van der Waals surface area contributed by atoms with Crippen molar-refractivity contribution in [2.24, 2.45) is 0 Å². The number of hydrogen-bond donors (Lipinski definition) is 0. The number of likely N-dealkylation sites (tertiary alicyclic amines) is 1. The number of pyridine rings is 1. The monoisotopic (exact) mass is 279 g/mol. The molecule has 100 valence electrons. The van der Waals surface area contributed by atoms with Gasteiger partial charge in [0.25, 0.3) is 0 Å². The first kappa shape index (κ1) is 13.5. The van der Waals surface area contributed by atoms with Crippen molar-refractivity contribution < 1.29 is 19.5 Å². The summed E-state index contributed by atoms with van der Waals surface area (Å²) < 4.78 is 0. The van der Waals surface area contributed by atoms with E-state index in [0.29, 0.717) is 6.54 Å². The lowest BCUT2D eigenvalue weighted by atomic mass is 10.3. The highest BCUT2D eigenvalue weighted by molar-refractivity contribution is 8.00. The first-order valence-electron chi connectivity index (χ1n) is 5.71. The van der Waals surface area contributed by atoms with Gasteiger partial charge in [-0.1, -0.05) is 11.8 Å². The van der Waals surface area contributed by atoms with E-state index in [0.717, 1.165) is 11.8 Å². The van der Waals surface area contributed by atoms with E-state index in [4.69, 9.17) is 0 Å². The summed E-state index contributed by atoms with van der Waals surface area (Å²) in [7, 11) is 0. The van der Waals surface area contributed by atoms with Gasteiger partial charge < -0.3 is 9.90 Å². The van der Waals surface area contributed by atoms with Gasteiger partial charge in [-0.25, -0.2) is 4.98 Å². The van der Waals surface area contributed by atoms with Crippen LogP contribution in [0.25, 0.3) is 0 Å². The fourth-order valence-corrected chi connectivity index (χ4v) is 2.98. The third kappa shape index (κ3) is 2.60. The molecule has 0 spiro atoms. The van der Waals surface area contributed by atoms with Crippen LogP contribution in [0.2, 0.25) is 0 Å². The lowest BCUT2D eigenvalue weighted by molar-refractivity contribution is -0.255. The van der Waals surface area contributed by atoms with E-state index in [1.165, 1.54) is 23.2 Å². The maximum absolute atomic E-state index is 11.9. The number of aromatic carboxylic acids is 1. The van der Waals surface area contributed by atoms with Gasteiger partial charge in [-0.3, -0.25) is 14.5 Å². The first-order valence-corrected chi connectivity index (χ1v) is 6.59. The average Bonchev–Trinajstić information content (AvgIpc) is 2.64. The zero-order chi connectivity index (χ0) is 14.0. The van der Waals surface area contributed by atoms with Crippen LogP contribution in [0.15, 0.2) is 23.4 Å². The summed E-state index contributed by atoms with van der Waals surface area (Å²) >= 11 is 0.993. The number of aromatic nitrogens is 1. The second-order valence-corrected chi connectivity index (χ2v) is 5.12. The minimum absolute atomic E-state index is 0.0669. The third-order valence-corrected chi connectivity index (χ3v) is 3.97. The van der Waals surface area contributed by atoms with Gasteiger partial charge in [0.1, 0.15) is 5.03 Å². The third-order valence-electron chi connectivity index (χ3n) is 2.76. The van der Waals surface area contributed by atoms with Crippen molar-refractivity contribution >= 4 is 29.5 Å². The molecule has 2 amide bonds. The molecule has 1 aromatic heterocycles. The molecule has 1 aromatic rings. The molecule has 2 rings (SSSR count). The van der Waals surface area contributed by atoms with Gasteiger partial charge in [-0.2, -0.15) is 0 Å². The Morgan fingerprint density at radius 2 is 2.32 bits per heavy atom. The summed E-state index contributed by atoms with van der Waals surface area (Å²) in [5.74, 6) is -1.89. The highest BCUT2D eigenvalue weighted by atomic mass is 32.2. The maximum atomic E-state index is 11.9. The maximum Gasteiger partial charge on any atom is 0.243 e. The van der Waals surface area contributed by atoms with Crippen molar-refractivity contribution in [3.05, 3.63) is 23.9 Å². The SMILES string of the molecule is CCN1C(=O)C[C@@H](Sc2ncccc2C(=O)[O-])C1=O. The van der Waals surface area contributed by atoms with Crippen LogP contribution in [0.4, 0.5) is 0 Å². The van der Waals surface area contributed by atoms with Crippen LogP contribution in [-0.4, -0.2) is 39.5 Å². The summed E-state index contributed by atoms with van der Waals surface area (Å²) in [6, 6.07) is 2.85. The molecule has 1 fully saturated rings. The number of imide groups is 1. The molecule has 19 heavy (non-hydrogen) atoms. The zero-order valence-corrected chi connectivity index (χ0v) is 11.0. The Morgan fingerprint density at radius 3 is 2.89 bits per heavy atom. The summed E-state index contributed by atoms with van der Waals surface area (Å²) in [6.07, 6.45) is 1.51. The van der Waals surface area contributed by atoms with E-state index in [-0.39, 0.29) is 28.8 Å². The molecule has 6 nitrogen and oxygen atoms in total. The van der Waals surface area contributed by atoms with Crippen molar-refractivity contribution in [3.63, 3.8) is 0 Å². The lowest BCUT2D eigenvalue weighted by Crippen LogP contribution is -2.31. The van der Waals surface area contributed by atoms with Crippen LogP contribution in [0.5, 0.6) is 0 Å². The standard InChI is InChI=1S/C12H12N2O4S/c1-2-14-9(15)6-8(11(14)16)19-10-7(12(17)18)4-3-5-13-10/h3-5,8H,2,6H2,1H3,(H,17,18)/p-1/t8-/m1/s1. The van der Waals surface area contributed by atoms with E-state index in [1.807, 2.05) is 0 Å². The highest BCUT2D eigenvalue weighted by Gasteiger charge is 2.38. The number of carboxylic acid groups (broad SMARTS) is 1. The van der Waals surface area contributed by atoms with Crippen molar-refractivity contribution in [3.8, 4) is 0 Å². The highest BCUT2D eigenvalue weighted by Crippen LogP contribution is 2.31. The minimum atomic E-state index is -1.35. The number of nitrogens with zero attached hydrogens (tertiary/aromatic N) is 2. The van der Waals surface area contributed by atoms with Crippen molar-refractivity contribution in [2.75, 3.05) is 6.54 Å². The van der Waals surface area contributed by atoms with Crippen LogP contribution in [0.1, 0.15) is 23.7 Å². The second kappa shape index (κ2) is 5.40. The lowest BCUT2D eigenvalue weighted by Gasteiger charge is -2.13. The van der Waals surface area contributed by atoms with E-state index >= 15 is 0 Å². The molecule has 2 heterocycles. The Morgan fingerprint density at radius 1 is 1.58 bits per heavy atom. The second-order valence-electron chi connectivity index (χ2n) is 3.93. The Bertz CT molecular complexity index is 546. The normalized spacial score (nSPS) is 19.0. The van der Waals surface area contributed by atoms with E-state index in [2.05, 4.69) is 4.98 Å². The molecule has 1 aliphatic rings. The van der Waals surface area contributed by atoms with Gasteiger partial charge in [-0.05, 0) is 19.1 Å². The van der Waals surface area contributed by atoms with Crippen LogP contribution >= 0.6 is 11.8 Å². The summed E-state index contributed by atoms with van der Waals surface area (Å²) in [4.78, 5) is 39.5. The number of amides is 2. The van der Waals surface area contributed by atoms with Gasteiger partial charge in [0.2, 0.25) is 11.8 Å². The molecule has 0 bridgehead atoms. The molecule has 1 aliphatic heterocycles. The molecule has 0 radical (unpaired) electrons. The Hall–Kier alpha value is -1.89. The quantitative estimate of drug-likeness (QED) is 0.702. The average molecular weight is 279 g/mol. The molecule has 0 aliphatic carbocycles. The van der Waals surface area contributed by atoms with E-state index < -0.39 is 11.2 Å². The smallest absolute Gasteiger partial charge is 0.243 e. The fourth-order valence-electron chi connectivity index (χ4n) is 1.85. The van der Waals surface area contributed by atoms with E-state index in [9.17, 15) is 19.5 Å². The molecule has 0 aromatic carbocycles. The van der Waals surface area contributed by atoms with Crippen LogP contribution < -0.4 is 5.11 Å². The molecule has 1 saturated heterocycles. The van der Waals surface area contributed by atoms with Gasteiger partial charge in [-0.15, -0.1) is 0 Å². The summed E-state index contributed by atoms with van der Waals surface area (Å²) in [6.45, 7) is 2.04. The number of carbonyl (C=O) groups is 3. The minimum Gasteiger partial charge on any atom is -0.545 e. The first-order chi connectivity index (χ1) is 9.04.